The second-order valence-corrected chi connectivity index (χ2v) is 9.44. The monoisotopic (exact) mass is 389 g/mol. The first-order valence-electron chi connectivity index (χ1n) is 7.03. The molecule has 0 saturated carbocycles. The quantitative estimate of drug-likeness (QED) is 0.796. The van der Waals surface area contributed by atoms with E-state index in [2.05, 4.69) is 15.9 Å². The molecule has 1 fully saturated rings. The predicted octanol–water partition coefficient (Wildman–Crippen LogP) is 3.09. The number of hydrogen-bond acceptors (Lipinski definition) is 4. The highest BCUT2D eigenvalue weighted by atomic mass is 79.9. The molecule has 0 spiro atoms. The van der Waals surface area contributed by atoms with Gasteiger partial charge in [-0.1, -0.05) is 15.9 Å². The van der Waals surface area contributed by atoms with E-state index in [0.717, 1.165) is 4.47 Å². The zero-order valence-electron chi connectivity index (χ0n) is 12.9. The Morgan fingerprint density at radius 2 is 1.82 bits per heavy atom. The van der Waals surface area contributed by atoms with Crippen LogP contribution in [0.15, 0.2) is 33.6 Å². The predicted molar refractivity (Wildman–Crippen MR) is 87.5 cm³/mol. The van der Waals surface area contributed by atoms with Gasteiger partial charge in [-0.3, -0.25) is 0 Å². The maximum Gasteiger partial charge on any atom is 0.410 e. The fourth-order valence-corrected chi connectivity index (χ4v) is 4.04. The Morgan fingerprint density at radius 3 is 2.32 bits per heavy atom. The van der Waals surface area contributed by atoms with Crippen molar-refractivity contribution >= 4 is 31.9 Å². The first-order valence-corrected chi connectivity index (χ1v) is 9.47. The highest BCUT2D eigenvalue weighted by Crippen LogP contribution is 2.24. The summed E-state index contributed by atoms with van der Waals surface area (Å²) in [6.07, 6.45) is -0.384. The largest absolute Gasteiger partial charge is 0.444 e. The molecule has 2 rings (SSSR count). The molecule has 5 nitrogen and oxygen atoms in total. The van der Waals surface area contributed by atoms with E-state index in [1.54, 1.807) is 45.0 Å². The first-order chi connectivity index (χ1) is 10.1. The number of carbonyl (C=O) groups is 1. The summed E-state index contributed by atoms with van der Waals surface area (Å²) >= 11 is 3.28. The summed E-state index contributed by atoms with van der Waals surface area (Å²) in [6, 6.07) is 6.59. The summed E-state index contributed by atoms with van der Waals surface area (Å²) in [7, 11) is -3.32. The highest BCUT2D eigenvalue weighted by Gasteiger charge is 2.36. The molecular weight excluding hydrogens is 370 g/mol. The molecule has 22 heavy (non-hydrogen) atoms. The summed E-state index contributed by atoms with van der Waals surface area (Å²) in [5.41, 5.74) is -0.536. The average Bonchev–Trinajstić information content (AvgIpc) is 2.31. The van der Waals surface area contributed by atoms with Crippen LogP contribution in [-0.2, 0) is 14.6 Å². The molecule has 0 N–H and O–H groups in total. The second-order valence-electron chi connectivity index (χ2n) is 6.49. The lowest BCUT2D eigenvalue weighted by molar-refractivity contribution is 0.00191. The lowest BCUT2D eigenvalue weighted by Crippen LogP contribution is -2.53. The van der Waals surface area contributed by atoms with Gasteiger partial charge in [-0.25, -0.2) is 13.2 Å². The number of halogens is 1. The van der Waals surface area contributed by atoms with Gasteiger partial charge >= 0.3 is 6.09 Å². The normalized spacial score (nSPS) is 16.3. The molecule has 1 heterocycles. The smallest absolute Gasteiger partial charge is 0.410 e. The fourth-order valence-electron chi connectivity index (χ4n) is 2.20. The number of carbonyl (C=O) groups excluding carboxylic acids is 1. The minimum atomic E-state index is -3.32. The van der Waals surface area contributed by atoms with Crippen LogP contribution in [-0.4, -0.2) is 43.9 Å². The molecule has 1 saturated heterocycles. The number of likely N-dealkylation sites (tertiary alicyclic amines) is 1. The van der Waals surface area contributed by atoms with Crippen molar-refractivity contribution in [2.45, 2.75) is 31.3 Å². The van der Waals surface area contributed by atoms with E-state index in [0.29, 0.717) is 18.0 Å². The van der Waals surface area contributed by atoms with Gasteiger partial charge in [0.25, 0.3) is 0 Å². The molecule has 0 radical (unpaired) electrons. The number of benzene rings is 1. The van der Waals surface area contributed by atoms with E-state index in [1.165, 1.54) is 4.90 Å². The third-order valence-electron chi connectivity index (χ3n) is 3.24. The van der Waals surface area contributed by atoms with Crippen LogP contribution in [0, 0.1) is 5.92 Å². The molecule has 7 heteroatoms. The van der Waals surface area contributed by atoms with Crippen LogP contribution in [0.1, 0.15) is 20.8 Å². The average molecular weight is 390 g/mol. The minimum Gasteiger partial charge on any atom is -0.444 e. The van der Waals surface area contributed by atoms with E-state index in [1.807, 2.05) is 0 Å². The van der Waals surface area contributed by atoms with Crippen LogP contribution < -0.4 is 0 Å². The first kappa shape index (κ1) is 17.3. The van der Waals surface area contributed by atoms with Crippen molar-refractivity contribution < 1.29 is 17.9 Å². The van der Waals surface area contributed by atoms with Gasteiger partial charge < -0.3 is 9.64 Å². The molecule has 0 aromatic heterocycles. The third-order valence-corrected chi connectivity index (χ3v) is 5.67. The van der Waals surface area contributed by atoms with E-state index in [9.17, 15) is 13.2 Å². The molecule has 122 valence electrons. The zero-order valence-corrected chi connectivity index (χ0v) is 15.3. The van der Waals surface area contributed by atoms with Crippen molar-refractivity contribution in [2.75, 3.05) is 18.8 Å². The van der Waals surface area contributed by atoms with Crippen LogP contribution >= 0.6 is 15.9 Å². The van der Waals surface area contributed by atoms with E-state index < -0.39 is 15.4 Å². The molecular formula is C15H20BrNO4S. The van der Waals surface area contributed by atoms with Crippen LogP contribution in [0.5, 0.6) is 0 Å². The van der Waals surface area contributed by atoms with Gasteiger partial charge in [-0.15, -0.1) is 0 Å². The van der Waals surface area contributed by atoms with Crippen LogP contribution in [0.2, 0.25) is 0 Å². The lowest BCUT2D eigenvalue weighted by atomic mass is 10.0. The number of rotatable bonds is 3. The number of hydrogen-bond donors (Lipinski definition) is 0. The molecule has 1 amide bonds. The standard InChI is InChI=1S/C15H20BrNO4S/c1-15(2,3)21-14(18)17-8-11(9-17)10-22(19,20)13-6-4-12(16)5-7-13/h4-7,11H,8-10H2,1-3H3. The summed E-state index contributed by atoms with van der Waals surface area (Å²) in [5, 5.41) is 0. The van der Waals surface area contributed by atoms with Gasteiger partial charge in [-0.2, -0.15) is 0 Å². The van der Waals surface area contributed by atoms with Crippen molar-refractivity contribution in [1.29, 1.82) is 0 Å². The highest BCUT2D eigenvalue weighted by molar-refractivity contribution is 9.10. The minimum absolute atomic E-state index is 0.0406. The van der Waals surface area contributed by atoms with Gasteiger partial charge in [0.05, 0.1) is 10.6 Å². The van der Waals surface area contributed by atoms with Crippen molar-refractivity contribution in [3.8, 4) is 0 Å². The van der Waals surface area contributed by atoms with Gasteiger partial charge in [-0.05, 0) is 45.0 Å². The van der Waals surface area contributed by atoms with Crippen LogP contribution in [0.25, 0.3) is 0 Å². The Bertz CT molecular complexity index is 643. The Labute approximate surface area is 139 Å². The second kappa shape index (κ2) is 6.20. The number of ether oxygens (including phenoxy) is 1. The SMILES string of the molecule is CC(C)(C)OC(=O)N1CC(CS(=O)(=O)c2ccc(Br)cc2)C1. The van der Waals surface area contributed by atoms with Gasteiger partial charge in [0, 0.05) is 23.5 Å². The molecule has 1 aliphatic heterocycles. The lowest BCUT2D eigenvalue weighted by Gasteiger charge is -2.39. The number of sulfone groups is 1. The molecule has 0 unspecified atom stereocenters. The summed E-state index contributed by atoms with van der Waals surface area (Å²) in [5.74, 6) is 0.00895. The molecule has 1 aromatic rings. The van der Waals surface area contributed by atoms with Gasteiger partial charge in [0.15, 0.2) is 9.84 Å². The van der Waals surface area contributed by atoms with Crippen molar-refractivity contribution in [1.82, 2.24) is 4.90 Å². The third kappa shape index (κ3) is 4.46. The van der Waals surface area contributed by atoms with E-state index >= 15 is 0 Å². The summed E-state index contributed by atoms with van der Waals surface area (Å²) < 4.78 is 30.7. The maximum atomic E-state index is 12.3. The molecule has 1 aromatic carbocycles. The molecule has 0 bridgehead atoms. The zero-order chi connectivity index (χ0) is 16.5. The van der Waals surface area contributed by atoms with Crippen molar-refractivity contribution in [3.05, 3.63) is 28.7 Å². The van der Waals surface area contributed by atoms with Crippen molar-refractivity contribution in [2.24, 2.45) is 5.92 Å². The van der Waals surface area contributed by atoms with E-state index in [4.69, 9.17) is 4.74 Å². The Balaban J connectivity index is 1.89. The van der Waals surface area contributed by atoms with Crippen LogP contribution in [0.3, 0.4) is 0 Å². The van der Waals surface area contributed by atoms with Gasteiger partial charge in [0.2, 0.25) is 0 Å². The molecule has 0 aliphatic carbocycles. The van der Waals surface area contributed by atoms with Crippen LogP contribution in [0.4, 0.5) is 4.79 Å². The van der Waals surface area contributed by atoms with Gasteiger partial charge in [0.1, 0.15) is 5.60 Å². The maximum absolute atomic E-state index is 12.3. The summed E-state index contributed by atoms with van der Waals surface area (Å²) in [4.78, 5) is 13.7. The summed E-state index contributed by atoms with van der Waals surface area (Å²) in [6.45, 7) is 6.26. The topological polar surface area (TPSA) is 63.7 Å². The Morgan fingerprint density at radius 1 is 1.27 bits per heavy atom. The molecule has 1 aliphatic rings. The Hall–Kier alpha value is -1.08. The Kier molecular flexibility index (Phi) is 4.87. The molecule has 0 atom stereocenters. The number of amides is 1. The van der Waals surface area contributed by atoms with Crippen molar-refractivity contribution in [3.63, 3.8) is 0 Å². The van der Waals surface area contributed by atoms with E-state index in [-0.39, 0.29) is 17.8 Å². The number of nitrogens with zero attached hydrogens (tertiary/aromatic N) is 1. The fraction of sp³-hybridized carbons (Fsp3) is 0.533.